The SMILES string of the molecule is CN1C(=[NH2+])C(C(=O)CC#N)C(=O)N(C)C1=O. The van der Waals surface area contributed by atoms with Crippen LogP contribution in [0.15, 0.2) is 0 Å². The highest BCUT2D eigenvalue weighted by atomic mass is 16.2. The van der Waals surface area contributed by atoms with E-state index in [4.69, 9.17) is 10.7 Å². The number of carbonyl (C=O) groups excluding carboxylic acids is 3. The van der Waals surface area contributed by atoms with E-state index in [2.05, 4.69) is 0 Å². The average Bonchev–Trinajstić information content (AvgIpc) is 2.24. The van der Waals surface area contributed by atoms with Crippen LogP contribution in [0.3, 0.4) is 0 Å². The zero-order valence-corrected chi connectivity index (χ0v) is 8.93. The number of rotatable bonds is 2. The summed E-state index contributed by atoms with van der Waals surface area (Å²) in [6.07, 6.45) is -0.410. The quantitative estimate of drug-likeness (QED) is 0.534. The lowest BCUT2D eigenvalue weighted by Gasteiger charge is -2.28. The average molecular weight is 223 g/mol. The third-order valence-electron chi connectivity index (χ3n) is 2.41. The lowest BCUT2D eigenvalue weighted by atomic mass is 9.96. The van der Waals surface area contributed by atoms with Gasteiger partial charge in [-0.2, -0.15) is 10.2 Å². The molecule has 1 saturated heterocycles. The largest absolute Gasteiger partial charge is 0.417 e. The van der Waals surface area contributed by atoms with Gasteiger partial charge in [-0.05, 0) is 0 Å². The van der Waals surface area contributed by atoms with E-state index in [-0.39, 0.29) is 5.84 Å². The molecule has 3 amide bonds. The molecule has 84 valence electrons. The molecule has 1 atom stereocenters. The Balaban J connectivity index is 3.06. The van der Waals surface area contributed by atoms with Crippen molar-refractivity contribution in [1.29, 1.82) is 5.26 Å². The van der Waals surface area contributed by atoms with Gasteiger partial charge >= 0.3 is 6.03 Å². The van der Waals surface area contributed by atoms with Crippen molar-refractivity contribution in [1.82, 2.24) is 9.80 Å². The van der Waals surface area contributed by atoms with Crippen LogP contribution in [0.25, 0.3) is 0 Å². The van der Waals surface area contributed by atoms with E-state index in [1.807, 2.05) is 0 Å². The lowest BCUT2D eigenvalue weighted by molar-refractivity contribution is -0.151. The summed E-state index contributed by atoms with van der Waals surface area (Å²) >= 11 is 0. The first-order valence-electron chi connectivity index (χ1n) is 4.49. The van der Waals surface area contributed by atoms with E-state index >= 15 is 0 Å². The molecule has 1 rings (SSSR count). The Morgan fingerprint density at radius 3 is 2.50 bits per heavy atom. The van der Waals surface area contributed by atoms with Crippen molar-refractivity contribution < 1.29 is 19.8 Å². The van der Waals surface area contributed by atoms with Crippen molar-refractivity contribution in [2.45, 2.75) is 6.42 Å². The zero-order chi connectivity index (χ0) is 12.5. The maximum Gasteiger partial charge on any atom is 0.417 e. The Kier molecular flexibility index (Phi) is 3.04. The highest BCUT2D eigenvalue weighted by Crippen LogP contribution is 2.15. The third-order valence-corrected chi connectivity index (χ3v) is 2.41. The highest BCUT2D eigenvalue weighted by molar-refractivity contribution is 6.26. The topological polar surface area (TPSA) is 107 Å². The minimum Gasteiger partial charge on any atom is -0.297 e. The number of hydrogen-bond acceptors (Lipinski definition) is 4. The molecule has 0 aliphatic carbocycles. The molecule has 16 heavy (non-hydrogen) atoms. The Bertz CT molecular complexity index is 399. The van der Waals surface area contributed by atoms with Crippen LogP contribution < -0.4 is 5.41 Å². The molecule has 7 nitrogen and oxygen atoms in total. The zero-order valence-electron chi connectivity index (χ0n) is 8.93. The molecule has 0 aromatic rings. The Labute approximate surface area is 91.7 Å². The molecule has 0 aromatic carbocycles. The fourth-order valence-electron chi connectivity index (χ4n) is 1.43. The van der Waals surface area contributed by atoms with Crippen LogP contribution in [0, 0.1) is 17.2 Å². The van der Waals surface area contributed by atoms with Gasteiger partial charge in [-0.1, -0.05) is 0 Å². The predicted molar refractivity (Wildman–Crippen MR) is 51.6 cm³/mol. The molecule has 0 spiro atoms. The van der Waals surface area contributed by atoms with Gasteiger partial charge in [0.2, 0.25) is 0 Å². The first-order chi connectivity index (χ1) is 7.41. The number of amidine groups is 1. The predicted octanol–water partition coefficient (Wildman–Crippen LogP) is -2.23. The van der Waals surface area contributed by atoms with Crippen molar-refractivity contribution in [2.75, 3.05) is 14.1 Å². The van der Waals surface area contributed by atoms with Gasteiger partial charge < -0.3 is 0 Å². The van der Waals surface area contributed by atoms with Crippen LogP contribution in [0.1, 0.15) is 6.42 Å². The number of urea groups is 1. The van der Waals surface area contributed by atoms with E-state index in [1.165, 1.54) is 14.1 Å². The first kappa shape index (κ1) is 11.8. The number of carbonyl (C=O) groups is 3. The highest BCUT2D eigenvalue weighted by Gasteiger charge is 2.48. The van der Waals surface area contributed by atoms with E-state index in [0.717, 1.165) is 9.80 Å². The van der Waals surface area contributed by atoms with Gasteiger partial charge in [0, 0.05) is 7.05 Å². The first-order valence-corrected chi connectivity index (χ1v) is 4.49. The molecule has 0 aromatic heterocycles. The second-order valence-corrected chi connectivity index (χ2v) is 3.40. The Morgan fingerprint density at radius 2 is 2.00 bits per heavy atom. The molecule has 1 fully saturated rings. The van der Waals surface area contributed by atoms with Gasteiger partial charge in [-0.15, -0.1) is 0 Å². The summed E-state index contributed by atoms with van der Waals surface area (Å²) in [5, 5.41) is 13.9. The molecule has 0 radical (unpaired) electrons. The smallest absolute Gasteiger partial charge is 0.297 e. The van der Waals surface area contributed by atoms with Crippen molar-refractivity contribution >= 4 is 23.6 Å². The molecule has 7 heteroatoms. The fraction of sp³-hybridized carbons (Fsp3) is 0.444. The van der Waals surface area contributed by atoms with E-state index < -0.39 is 30.1 Å². The Morgan fingerprint density at radius 1 is 1.44 bits per heavy atom. The number of hydrogen-bond donors (Lipinski definition) is 1. The lowest BCUT2D eigenvalue weighted by Crippen LogP contribution is -2.67. The maximum atomic E-state index is 11.7. The standard InChI is InChI=1S/C9H10N4O3/c1-12-7(11)6(5(14)3-4-10)8(15)13(2)9(12)16/h6,11H,3H2,1-2H3/p+1. The molecule has 2 N–H and O–H groups in total. The number of nitrogens with two attached hydrogens (primary N) is 1. The van der Waals surface area contributed by atoms with Crippen LogP contribution in [0.2, 0.25) is 0 Å². The third kappa shape index (κ3) is 1.65. The molecule has 0 saturated carbocycles. The van der Waals surface area contributed by atoms with Crippen LogP contribution in [-0.2, 0) is 9.59 Å². The van der Waals surface area contributed by atoms with Gasteiger partial charge in [-0.25, -0.2) is 9.69 Å². The summed E-state index contributed by atoms with van der Waals surface area (Å²) < 4.78 is 0. The van der Waals surface area contributed by atoms with Crippen LogP contribution in [0.5, 0.6) is 0 Å². The maximum absolute atomic E-state index is 11.7. The molecule has 0 bridgehead atoms. The monoisotopic (exact) mass is 223 g/mol. The minimum absolute atomic E-state index is 0.131. The van der Waals surface area contributed by atoms with Crippen molar-refractivity contribution in [3.63, 3.8) is 0 Å². The van der Waals surface area contributed by atoms with E-state index in [0.29, 0.717) is 0 Å². The van der Waals surface area contributed by atoms with Crippen LogP contribution >= 0.6 is 0 Å². The fourth-order valence-corrected chi connectivity index (χ4v) is 1.43. The summed E-state index contributed by atoms with van der Waals surface area (Å²) in [5.74, 6) is -2.65. The molecule has 1 heterocycles. The van der Waals surface area contributed by atoms with Gasteiger partial charge in [0.25, 0.3) is 11.7 Å². The van der Waals surface area contributed by atoms with E-state index in [1.54, 1.807) is 6.07 Å². The van der Waals surface area contributed by atoms with Gasteiger partial charge in [0.05, 0.1) is 19.5 Å². The summed E-state index contributed by atoms with van der Waals surface area (Å²) in [5.41, 5.74) is 0. The molecule has 1 aliphatic heterocycles. The summed E-state index contributed by atoms with van der Waals surface area (Å²) in [4.78, 5) is 36.4. The molecular formula is C9H11N4O3+. The number of ketones is 1. The second-order valence-electron chi connectivity index (χ2n) is 3.40. The number of nitrogens with zero attached hydrogens (tertiary/aromatic N) is 3. The number of amides is 3. The van der Waals surface area contributed by atoms with Gasteiger partial charge in [0.15, 0.2) is 11.7 Å². The van der Waals surface area contributed by atoms with Gasteiger partial charge in [-0.3, -0.25) is 15.0 Å². The summed E-state index contributed by atoms with van der Waals surface area (Å²) in [6.45, 7) is 0. The van der Waals surface area contributed by atoms with Crippen molar-refractivity contribution in [3.8, 4) is 6.07 Å². The molecule has 1 unspecified atom stereocenters. The number of imide groups is 1. The summed E-state index contributed by atoms with van der Waals surface area (Å²) in [7, 11) is 2.63. The molecule has 1 aliphatic rings. The van der Waals surface area contributed by atoms with Crippen LogP contribution in [0.4, 0.5) is 4.79 Å². The minimum atomic E-state index is -1.23. The van der Waals surface area contributed by atoms with Crippen molar-refractivity contribution in [3.05, 3.63) is 0 Å². The molecular weight excluding hydrogens is 212 g/mol. The van der Waals surface area contributed by atoms with E-state index in [9.17, 15) is 14.4 Å². The summed E-state index contributed by atoms with van der Waals surface area (Å²) in [6, 6.07) is 1.06. The van der Waals surface area contributed by atoms with Crippen molar-refractivity contribution in [2.24, 2.45) is 5.92 Å². The second kappa shape index (κ2) is 4.10. The van der Waals surface area contributed by atoms with Crippen LogP contribution in [-0.4, -0.2) is 47.5 Å². The normalized spacial score (nSPS) is 21.1. The number of Topliss-reactive ketones (excluding diaryl/α,β-unsaturated/α-hetero) is 1. The Hall–Kier alpha value is -2.23. The van der Waals surface area contributed by atoms with Gasteiger partial charge in [0.1, 0.15) is 0 Å². The number of nitriles is 1.